The molecule has 0 aliphatic heterocycles. The lowest BCUT2D eigenvalue weighted by molar-refractivity contribution is 0.598. The predicted molar refractivity (Wildman–Crippen MR) is 85.6 cm³/mol. The van der Waals surface area contributed by atoms with E-state index in [1.54, 1.807) is 22.1 Å². The Balaban J connectivity index is 2.28. The molecule has 4 nitrogen and oxygen atoms in total. The molecular formula is C12H9BrN2O2S3. The molecule has 0 radical (unpaired) electrons. The van der Waals surface area contributed by atoms with E-state index in [2.05, 4.69) is 20.3 Å². The van der Waals surface area contributed by atoms with Gasteiger partial charge in [-0.05, 0) is 39.5 Å². The maximum absolute atomic E-state index is 12.2. The zero-order chi connectivity index (χ0) is 14.3. The molecule has 0 aliphatic carbocycles. The van der Waals surface area contributed by atoms with E-state index in [9.17, 15) is 8.42 Å². The van der Waals surface area contributed by atoms with Crippen molar-refractivity contribution >= 4 is 58.8 Å². The smallest absolute Gasteiger partial charge is 0.294 e. The van der Waals surface area contributed by atoms with Gasteiger partial charge in [0.05, 0.1) is 10.2 Å². The molecule has 0 saturated carbocycles. The van der Waals surface area contributed by atoms with Crippen LogP contribution in [-0.2, 0) is 17.1 Å². The number of nitrogens with zero attached hydrogens (tertiary/aromatic N) is 2. The number of hydrogen-bond acceptors (Lipinski definition) is 4. The second-order valence-corrected chi connectivity index (χ2v) is 8.67. The standard InChI is InChI=1S/C12H9BrN2O2S3/c1-15-11-8(13)4-2-5-9(11)19-12(15)14-20(16,17)10-6-3-7-18-10/h2-7H,1H3/b14-12-. The van der Waals surface area contributed by atoms with Crippen LogP contribution in [0.5, 0.6) is 0 Å². The number of sulfonamides is 1. The van der Waals surface area contributed by atoms with Crippen LogP contribution >= 0.6 is 38.6 Å². The van der Waals surface area contributed by atoms with Crippen LogP contribution in [0.4, 0.5) is 0 Å². The Morgan fingerprint density at radius 2 is 2.05 bits per heavy atom. The molecule has 0 fully saturated rings. The maximum atomic E-state index is 12.2. The largest absolute Gasteiger partial charge is 0.318 e. The Hall–Kier alpha value is -0.960. The van der Waals surface area contributed by atoms with Gasteiger partial charge in [0.1, 0.15) is 4.21 Å². The minimum Gasteiger partial charge on any atom is -0.318 e. The number of aryl methyl sites for hydroxylation is 1. The molecule has 2 heterocycles. The van der Waals surface area contributed by atoms with Gasteiger partial charge in [0.2, 0.25) is 4.80 Å². The first-order valence-corrected chi connectivity index (χ1v) is 9.50. The number of thiazole rings is 1. The number of para-hydroxylation sites is 1. The van der Waals surface area contributed by atoms with Gasteiger partial charge in [-0.15, -0.1) is 15.7 Å². The lowest BCUT2D eigenvalue weighted by Crippen LogP contribution is -2.13. The first-order valence-electron chi connectivity index (χ1n) is 5.57. The molecule has 1 aromatic carbocycles. The highest BCUT2D eigenvalue weighted by Gasteiger charge is 2.15. The van der Waals surface area contributed by atoms with E-state index in [4.69, 9.17) is 0 Å². The minimum absolute atomic E-state index is 0.258. The fourth-order valence-corrected chi connectivity index (χ4v) is 5.81. The van der Waals surface area contributed by atoms with Gasteiger partial charge in [-0.3, -0.25) is 0 Å². The molecule has 0 amide bonds. The third-order valence-corrected chi connectivity index (χ3v) is 7.21. The van der Waals surface area contributed by atoms with Gasteiger partial charge in [-0.1, -0.05) is 23.5 Å². The minimum atomic E-state index is -3.64. The lowest BCUT2D eigenvalue weighted by Gasteiger charge is -1.98. The van der Waals surface area contributed by atoms with Gasteiger partial charge in [-0.25, -0.2) is 0 Å². The van der Waals surface area contributed by atoms with Gasteiger partial charge >= 0.3 is 0 Å². The van der Waals surface area contributed by atoms with Crippen molar-refractivity contribution in [2.24, 2.45) is 11.4 Å². The molecule has 0 N–H and O–H groups in total. The van der Waals surface area contributed by atoms with E-state index in [1.807, 2.05) is 25.2 Å². The highest BCUT2D eigenvalue weighted by Crippen LogP contribution is 2.25. The topological polar surface area (TPSA) is 51.4 Å². The van der Waals surface area contributed by atoms with Gasteiger partial charge in [0, 0.05) is 11.5 Å². The number of rotatable bonds is 2. The average Bonchev–Trinajstić information content (AvgIpc) is 3.00. The van der Waals surface area contributed by atoms with Crippen molar-refractivity contribution in [3.63, 3.8) is 0 Å². The summed E-state index contributed by atoms with van der Waals surface area (Å²) in [6, 6.07) is 9.05. The highest BCUT2D eigenvalue weighted by molar-refractivity contribution is 9.10. The molecule has 0 atom stereocenters. The van der Waals surface area contributed by atoms with Crippen molar-refractivity contribution in [2.45, 2.75) is 4.21 Å². The number of fused-ring (bicyclic) bond motifs is 1. The Morgan fingerprint density at radius 3 is 2.70 bits per heavy atom. The summed E-state index contributed by atoms with van der Waals surface area (Å²) in [4.78, 5) is 0.459. The van der Waals surface area contributed by atoms with Crippen LogP contribution in [-0.4, -0.2) is 13.0 Å². The molecule has 104 valence electrons. The van der Waals surface area contributed by atoms with Crippen molar-refractivity contribution < 1.29 is 8.42 Å². The van der Waals surface area contributed by atoms with Crippen LogP contribution in [0.25, 0.3) is 10.2 Å². The summed E-state index contributed by atoms with van der Waals surface area (Å²) >= 11 is 6.00. The Kier molecular flexibility index (Phi) is 3.57. The van der Waals surface area contributed by atoms with Crippen molar-refractivity contribution in [3.8, 4) is 0 Å². The van der Waals surface area contributed by atoms with Gasteiger partial charge < -0.3 is 4.57 Å². The molecule has 3 rings (SSSR count). The summed E-state index contributed by atoms with van der Waals surface area (Å²) in [6.45, 7) is 0. The van der Waals surface area contributed by atoms with Crippen molar-refractivity contribution in [1.82, 2.24) is 4.57 Å². The van der Waals surface area contributed by atoms with E-state index in [1.165, 1.54) is 22.7 Å². The first-order chi connectivity index (χ1) is 9.49. The van der Waals surface area contributed by atoms with Crippen LogP contribution in [0.1, 0.15) is 0 Å². The maximum Gasteiger partial charge on any atom is 0.294 e. The van der Waals surface area contributed by atoms with Crippen LogP contribution in [0.2, 0.25) is 0 Å². The molecule has 0 unspecified atom stereocenters. The molecule has 8 heteroatoms. The average molecular weight is 389 g/mol. The normalized spacial score (nSPS) is 13.2. The van der Waals surface area contributed by atoms with E-state index >= 15 is 0 Å². The third kappa shape index (κ3) is 2.37. The summed E-state index contributed by atoms with van der Waals surface area (Å²) in [5.41, 5.74) is 0.942. The molecule has 2 aromatic heterocycles. The van der Waals surface area contributed by atoms with Gasteiger partial charge in [0.15, 0.2) is 0 Å². The van der Waals surface area contributed by atoms with E-state index in [0.29, 0.717) is 4.80 Å². The molecular weight excluding hydrogens is 380 g/mol. The number of halogens is 1. The molecule has 0 aliphatic rings. The Bertz CT molecular complexity index is 937. The van der Waals surface area contributed by atoms with Crippen LogP contribution in [0.15, 0.2) is 48.8 Å². The number of benzene rings is 1. The number of aromatic nitrogens is 1. The zero-order valence-corrected chi connectivity index (χ0v) is 14.3. The monoisotopic (exact) mass is 388 g/mol. The molecule has 0 bridgehead atoms. The van der Waals surface area contributed by atoms with E-state index in [-0.39, 0.29) is 4.21 Å². The lowest BCUT2D eigenvalue weighted by atomic mass is 10.3. The quantitative estimate of drug-likeness (QED) is 0.675. The summed E-state index contributed by atoms with van der Waals surface area (Å²) < 4.78 is 32.3. The van der Waals surface area contributed by atoms with Crippen molar-refractivity contribution in [2.75, 3.05) is 0 Å². The fourth-order valence-electron chi connectivity index (χ4n) is 1.80. The SMILES string of the molecule is Cn1/c(=N/S(=O)(=O)c2cccs2)sc2cccc(Br)c21. The summed E-state index contributed by atoms with van der Waals surface area (Å²) in [7, 11) is -1.82. The predicted octanol–water partition coefficient (Wildman–Crippen LogP) is 3.35. The summed E-state index contributed by atoms with van der Waals surface area (Å²) in [5, 5.41) is 1.73. The second kappa shape index (κ2) is 5.10. The number of thiophene rings is 1. The van der Waals surface area contributed by atoms with Crippen molar-refractivity contribution in [1.29, 1.82) is 0 Å². The van der Waals surface area contributed by atoms with E-state index < -0.39 is 10.0 Å². The molecule has 20 heavy (non-hydrogen) atoms. The Morgan fingerprint density at radius 1 is 1.25 bits per heavy atom. The molecule has 0 spiro atoms. The summed E-state index contributed by atoms with van der Waals surface area (Å²) in [5.74, 6) is 0. The first kappa shape index (κ1) is 14.0. The zero-order valence-electron chi connectivity index (χ0n) is 10.3. The third-order valence-electron chi connectivity index (χ3n) is 2.72. The van der Waals surface area contributed by atoms with Crippen molar-refractivity contribution in [3.05, 3.63) is 45.0 Å². The highest BCUT2D eigenvalue weighted by atomic mass is 79.9. The van der Waals surface area contributed by atoms with Gasteiger partial charge in [-0.2, -0.15) is 8.42 Å². The van der Waals surface area contributed by atoms with Gasteiger partial charge in [0.25, 0.3) is 10.0 Å². The summed E-state index contributed by atoms with van der Waals surface area (Å²) in [6.07, 6.45) is 0. The van der Waals surface area contributed by atoms with Crippen LogP contribution in [0.3, 0.4) is 0 Å². The Labute approximate surface area is 132 Å². The van der Waals surface area contributed by atoms with Crippen LogP contribution < -0.4 is 4.80 Å². The van der Waals surface area contributed by atoms with E-state index in [0.717, 1.165) is 14.7 Å². The number of hydrogen-bond donors (Lipinski definition) is 0. The second-order valence-electron chi connectivity index (χ2n) is 4.03. The van der Waals surface area contributed by atoms with Crippen LogP contribution in [0, 0.1) is 0 Å². The molecule has 3 aromatic rings. The molecule has 0 saturated heterocycles. The fraction of sp³-hybridized carbons (Fsp3) is 0.0833.